The van der Waals surface area contributed by atoms with Gasteiger partial charge in [0.15, 0.2) is 0 Å². The number of nitrogens with one attached hydrogen (secondary N) is 1. The molecule has 0 aliphatic carbocycles. The highest BCUT2D eigenvalue weighted by Gasteiger charge is 1.96. The molecule has 1 N–H and O–H groups in total. The molecular formula is C27H51ClN+. The van der Waals surface area contributed by atoms with Crippen molar-refractivity contribution in [2.45, 2.75) is 116 Å². The van der Waals surface area contributed by atoms with Gasteiger partial charge in [-0.25, -0.2) is 0 Å². The lowest BCUT2D eigenvalue weighted by Gasteiger charge is -2.06. The van der Waals surface area contributed by atoms with Gasteiger partial charge < -0.3 is 4.90 Å². The third kappa shape index (κ3) is 23.6. The van der Waals surface area contributed by atoms with Crippen LogP contribution >= 0.6 is 11.6 Å². The lowest BCUT2D eigenvalue weighted by molar-refractivity contribution is -0.858. The molecule has 0 aliphatic heterocycles. The highest BCUT2D eigenvalue weighted by molar-refractivity contribution is 6.17. The normalized spacial score (nSPS) is 10.8. The van der Waals surface area contributed by atoms with E-state index in [-0.39, 0.29) is 0 Å². The van der Waals surface area contributed by atoms with Crippen molar-refractivity contribution < 1.29 is 4.90 Å². The van der Waals surface area contributed by atoms with Gasteiger partial charge in [-0.1, -0.05) is 127 Å². The van der Waals surface area contributed by atoms with Gasteiger partial charge in [-0.15, -0.1) is 11.6 Å². The highest BCUT2D eigenvalue weighted by Crippen LogP contribution is 2.13. The van der Waals surface area contributed by atoms with Crippen molar-refractivity contribution in [1.82, 2.24) is 0 Å². The number of hydrogen-bond donors (Lipinski definition) is 1. The summed E-state index contributed by atoms with van der Waals surface area (Å²) in [6.07, 6.45) is 23.4. The molecule has 0 heterocycles. The average molecular weight is 425 g/mol. The second-order valence-corrected chi connectivity index (χ2v) is 9.15. The molecule has 0 aliphatic rings. The first kappa shape index (κ1) is 28.5. The first-order valence-electron chi connectivity index (χ1n) is 12.6. The summed E-state index contributed by atoms with van der Waals surface area (Å²) in [5.74, 6) is 0.612. The highest BCUT2D eigenvalue weighted by atomic mass is 35.5. The Morgan fingerprint density at radius 3 is 1.28 bits per heavy atom. The molecule has 1 aromatic carbocycles. The number of halogens is 1. The molecule has 29 heavy (non-hydrogen) atoms. The van der Waals surface area contributed by atoms with Crippen molar-refractivity contribution in [1.29, 1.82) is 0 Å². The summed E-state index contributed by atoms with van der Waals surface area (Å²) >= 11 is 5.53. The number of benzene rings is 1. The molecule has 0 fully saturated rings. The van der Waals surface area contributed by atoms with Crippen LogP contribution in [-0.4, -0.2) is 20.6 Å². The minimum Gasteiger partial charge on any atom is -0.340 e. The Morgan fingerprint density at radius 1 is 0.586 bits per heavy atom. The largest absolute Gasteiger partial charge is 0.340 e. The lowest BCUT2D eigenvalue weighted by Crippen LogP contribution is -3.05. The monoisotopic (exact) mass is 424 g/mol. The van der Waals surface area contributed by atoms with Crippen molar-refractivity contribution in [3.63, 3.8) is 0 Å². The Hall–Kier alpha value is -0.530. The van der Waals surface area contributed by atoms with E-state index in [0.29, 0.717) is 5.88 Å². The summed E-state index contributed by atoms with van der Waals surface area (Å²) in [6.45, 7) is 3.64. The maximum Gasteiger partial charge on any atom is 0.0766 e. The second kappa shape index (κ2) is 23.7. The first-order valence-corrected chi connectivity index (χ1v) is 13.1. The van der Waals surface area contributed by atoms with Crippen LogP contribution < -0.4 is 4.90 Å². The topological polar surface area (TPSA) is 4.44 Å². The van der Waals surface area contributed by atoms with Crippen LogP contribution in [0.3, 0.4) is 0 Å². The molecule has 1 nitrogen and oxygen atoms in total. The van der Waals surface area contributed by atoms with Crippen molar-refractivity contribution in [2.24, 2.45) is 0 Å². The zero-order valence-corrected chi connectivity index (χ0v) is 20.7. The second-order valence-electron chi connectivity index (χ2n) is 8.88. The number of quaternary nitrogens is 1. The number of alkyl halides is 1. The van der Waals surface area contributed by atoms with Crippen molar-refractivity contribution >= 4 is 11.6 Å². The third-order valence-corrected chi connectivity index (χ3v) is 5.84. The van der Waals surface area contributed by atoms with Crippen LogP contribution in [0.4, 0.5) is 0 Å². The fourth-order valence-electron chi connectivity index (χ4n) is 3.59. The molecule has 0 amide bonds. The maximum atomic E-state index is 5.53. The van der Waals surface area contributed by atoms with Crippen molar-refractivity contribution in [3.8, 4) is 0 Å². The van der Waals surface area contributed by atoms with Gasteiger partial charge in [-0.05, 0) is 18.4 Å². The van der Waals surface area contributed by atoms with Gasteiger partial charge in [0.1, 0.15) is 0 Å². The maximum absolute atomic E-state index is 5.53. The predicted molar refractivity (Wildman–Crippen MR) is 133 cm³/mol. The molecule has 1 aromatic rings. The van der Waals surface area contributed by atoms with Gasteiger partial charge in [0.05, 0.1) is 20.6 Å². The Morgan fingerprint density at radius 2 is 0.966 bits per heavy atom. The van der Waals surface area contributed by atoms with E-state index in [1.54, 1.807) is 4.90 Å². The van der Waals surface area contributed by atoms with Gasteiger partial charge in [0, 0.05) is 5.88 Å². The first-order chi connectivity index (χ1) is 14.2. The lowest BCUT2D eigenvalue weighted by atomic mass is 10.0. The molecule has 0 unspecified atom stereocenters. The quantitative estimate of drug-likeness (QED) is 0.181. The third-order valence-electron chi connectivity index (χ3n) is 5.53. The van der Waals surface area contributed by atoms with E-state index >= 15 is 0 Å². The molecule has 170 valence electrons. The van der Waals surface area contributed by atoms with Gasteiger partial charge in [-0.2, -0.15) is 0 Å². The Balaban J connectivity index is 0.000000807. The number of unbranched alkanes of at least 4 members (excludes halogenated alkanes) is 15. The van der Waals surface area contributed by atoms with E-state index < -0.39 is 0 Å². The van der Waals surface area contributed by atoms with Crippen LogP contribution in [0.5, 0.6) is 0 Å². The van der Waals surface area contributed by atoms with E-state index in [0.717, 1.165) is 0 Å². The fraction of sp³-hybridized carbons (Fsp3) is 0.778. The molecular weight excluding hydrogens is 374 g/mol. The number of rotatable bonds is 18. The fourth-order valence-corrected chi connectivity index (χ4v) is 3.77. The van der Waals surface area contributed by atoms with Crippen molar-refractivity contribution in [2.75, 3.05) is 20.6 Å². The van der Waals surface area contributed by atoms with E-state index in [9.17, 15) is 0 Å². The van der Waals surface area contributed by atoms with Gasteiger partial charge in [0.2, 0.25) is 0 Å². The zero-order chi connectivity index (χ0) is 21.4. The molecule has 0 radical (unpaired) electrons. The van der Waals surface area contributed by atoms with Gasteiger partial charge >= 0.3 is 0 Å². The molecule has 0 saturated carbocycles. The van der Waals surface area contributed by atoms with Crippen LogP contribution in [0.15, 0.2) is 30.3 Å². The Labute approximate surface area is 188 Å². The summed E-state index contributed by atoms with van der Waals surface area (Å²) in [5.41, 5.74) is 1.18. The zero-order valence-electron chi connectivity index (χ0n) is 20.0. The summed E-state index contributed by atoms with van der Waals surface area (Å²) in [5, 5.41) is 0. The minimum atomic E-state index is 0.612. The SMILES string of the molecule is CCCCCCCCCCCCCCCCCC[NH+](C)C.ClCc1ccccc1. The Kier molecular flexibility index (Phi) is 23.3. The molecule has 0 saturated heterocycles. The smallest absolute Gasteiger partial charge is 0.0766 e. The van der Waals surface area contributed by atoms with Crippen LogP contribution in [0.25, 0.3) is 0 Å². The van der Waals surface area contributed by atoms with E-state index in [4.69, 9.17) is 11.6 Å². The summed E-state index contributed by atoms with van der Waals surface area (Å²) in [7, 11) is 4.51. The predicted octanol–water partition coefficient (Wildman–Crippen LogP) is 7.82. The summed E-state index contributed by atoms with van der Waals surface area (Å²) in [6, 6.07) is 9.96. The minimum absolute atomic E-state index is 0.612. The molecule has 0 spiro atoms. The molecule has 0 atom stereocenters. The molecule has 2 heteroatoms. The molecule has 0 aromatic heterocycles. The van der Waals surface area contributed by atoms with Crippen LogP contribution in [0.2, 0.25) is 0 Å². The van der Waals surface area contributed by atoms with Crippen LogP contribution in [-0.2, 0) is 5.88 Å². The van der Waals surface area contributed by atoms with Gasteiger partial charge in [-0.3, -0.25) is 0 Å². The molecule has 1 rings (SSSR count). The van der Waals surface area contributed by atoms with E-state index in [1.165, 1.54) is 115 Å². The van der Waals surface area contributed by atoms with Crippen LogP contribution in [0, 0.1) is 0 Å². The van der Waals surface area contributed by atoms with Crippen molar-refractivity contribution in [3.05, 3.63) is 35.9 Å². The average Bonchev–Trinajstić information content (AvgIpc) is 2.74. The molecule has 0 bridgehead atoms. The van der Waals surface area contributed by atoms with E-state index in [2.05, 4.69) is 21.0 Å². The Bertz CT molecular complexity index is 404. The summed E-state index contributed by atoms with van der Waals surface area (Å²) in [4.78, 5) is 1.60. The van der Waals surface area contributed by atoms with E-state index in [1.807, 2.05) is 30.3 Å². The van der Waals surface area contributed by atoms with Gasteiger partial charge in [0.25, 0.3) is 0 Å². The number of hydrogen-bond acceptors (Lipinski definition) is 0. The summed E-state index contributed by atoms with van der Waals surface area (Å²) < 4.78 is 0. The standard InChI is InChI=1S/C20H43N.C7H7Cl/c1-4-5-6-7-8-9-10-11-12-13-14-15-16-17-18-19-20-21(2)3;8-6-7-4-2-1-3-5-7/h4-20H2,1-3H3;1-5H,6H2/p+1. The van der Waals surface area contributed by atoms with Crippen LogP contribution in [0.1, 0.15) is 115 Å².